The highest BCUT2D eigenvalue weighted by Crippen LogP contribution is 2.78. The lowest BCUT2D eigenvalue weighted by atomic mass is 9.32. The van der Waals surface area contributed by atoms with Crippen LogP contribution in [0.4, 0.5) is 0 Å². The van der Waals surface area contributed by atoms with E-state index in [9.17, 15) is 24.3 Å². The van der Waals surface area contributed by atoms with Gasteiger partial charge in [-0.1, -0.05) is 60.6 Å². The number of carboxylic acid groups (broad SMARTS) is 1. The molecular formula is C46H74O8. The van der Waals surface area contributed by atoms with Crippen molar-refractivity contribution >= 4 is 23.9 Å². The molecule has 0 aromatic heterocycles. The molecule has 5 aliphatic carbocycles. The molecule has 0 bridgehead atoms. The third-order valence-electron chi connectivity index (χ3n) is 16.5. The van der Waals surface area contributed by atoms with E-state index in [0.717, 1.165) is 44.9 Å². The van der Waals surface area contributed by atoms with Gasteiger partial charge >= 0.3 is 23.9 Å². The van der Waals surface area contributed by atoms with Gasteiger partial charge in [-0.3, -0.25) is 19.2 Å². The average molecular weight is 755 g/mol. The fourth-order valence-corrected chi connectivity index (χ4v) is 14.0. The van der Waals surface area contributed by atoms with Crippen LogP contribution in [0.25, 0.3) is 0 Å². The van der Waals surface area contributed by atoms with E-state index in [1.54, 1.807) is 0 Å². The molecule has 5 aliphatic rings. The van der Waals surface area contributed by atoms with Crippen LogP contribution in [-0.2, 0) is 33.4 Å². The van der Waals surface area contributed by atoms with Crippen molar-refractivity contribution in [2.75, 3.05) is 6.61 Å². The fraction of sp³-hybridized carbons (Fsp3) is 0.870. The van der Waals surface area contributed by atoms with Gasteiger partial charge in [0, 0.05) is 5.41 Å². The van der Waals surface area contributed by atoms with E-state index >= 15 is 0 Å². The van der Waals surface area contributed by atoms with E-state index in [0.29, 0.717) is 36.2 Å². The van der Waals surface area contributed by atoms with Crippen LogP contribution >= 0.6 is 0 Å². The van der Waals surface area contributed by atoms with E-state index in [2.05, 4.69) is 48.1 Å². The van der Waals surface area contributed by atoms with Crippen molar-refractivity contribution in [3.63, 3.8) is 0 Å². The SMILES string of the molecule is C=C(C)[C@@H]1CC[C@]2(CCOC(=O)CCC(=O)OC(C)(C)C)CC[C@]3(C)[C@H](CC[C@@H]4[C@@]5(C)CC[C@H](OC(=O)CC(C)(C)CC(=O)O)C(C)(C)[C@@H]5CC[C@]43C)[C@@H]12. The molecule has 0 spiro atoms. The van der Waals surface area contributed by atoms with Gasteiger partial charge in [0.1, 0.15) is 11.7 Å². The van der Waals surface area contributed by atoms with Crippen molar-refractivity contribution in [1.82, 2.24) is 0 Å². The second kappa shape index (κ2) is 14.8. The first-order valence-electron chi connectivity index (χ1n) is 21.2. The molecule has 8 heteroatoms. The smallest absolute Gasteiger partial charge is 0.306 e. The Bertz CT molecular complexity index is 1470. The van der Waals surface area contributed by atoms with Crippen LogP contribution in [0.15, 0.2) is 12.2 Å². The number of fused-ring (bicyclic) bond motifs is 7. The largest absolute Gasteiger partial charge is 0.481 e. The lowest BCUT2D eigenvalue weighted by molar-refractivity contribution is -0.251. The number of allylic oxidation sites excluding steroid dienone is 1. The summed E-state index contributed by atoms with van der Waals surface area (Å²) in [5, 5.41) is 9.35. The number of hydrogen-bond donors (Lipinski definition) is 1. The first-order valence-corrected chi connectivity index (χ1v) is 21.2. The minimum absolute atomic E-state index is 0.0392. The van der Waals surface area contributed by atoms with E-state index in [1.807, 2.05) is 34.6 Å². The molecule has 0 unspecified atom stereocenters. The summed E-state index contributed by atoms with van der Waals surface area (Å²) in [7, 11) is 0. The maximum absolute atomic E-state index is 13.2. The van der Waals surface area contributed by atoms with Crippen LogP contribution in [0, 0.1) is 62.1 Å². The quantitative estimate of drug-likeness (QED) is 0.119. The number of aliphatic carboxylic acids is 1. The third-order valence-corrected chi connectivity index (χ3v) is 16.5. The molecule has 5 fully saturated rings. The molecule has 0 radical (unpaired) electrons. The van der Waals surface area contributed by atoms with Crippen LogP contribution in [0.1, 0.15) is 172 Å². The van der Waals surface area contributed by atoms with Crippen molar-refractivity contribution in [3.05, 3.63) is 12.2 Å². The maximum atomic E-state index is 13.2. The zero-order valence-electron chi connectivity index (χ0n) is 35.8. The van der Waals surface area contributed by atoms with Gasteiger partial charge in [-0.25, -0.2) is 0 Å². The van der Waals surface area contributed by atoms with Gasteiger partial charge in [0.15, 0.2) is 0 Å². The summed E-state index contributed by atoms with van der Waals surface area (Å²) >= 11 is 0. The highest BCUT2D eigenvalue weighted by atomic mass is 16.6. The standard InChI is InChI=1S/C46H74O8/c1-29(2)30-17-22-46(25-26-52-36(49)15-16-37(50)54-40(3,4)5)24-23-44(11)31(39(30)46)13-14-33-43(10)20-19-34(42(8,9)32(43)18-21-45(33,44)12)53-38(51)28-41(6,7)27-35(47)48/h30-34,39H,1,13-28H2,2-12H3,(H,47,48)/t30-,31+,32-,33+,34-,39+,43-,44+,45+,46+/m0/s1. The van der Waals surface area contributed by atoms with Crippen LogP contribution in [0.3, 0.4) is 0 Å². The molecule has 0 saturated heterocycles. The molecule has 5 saturated carbocycles. The zero-order chi connectivity index (χ0) is 40.3. The second-order valence-electron chi connectivity index (χ2n) is 21.9. The highest BCUT2D eigenvalue weighted by molar-refractivity contribution is 5.77. The minimum atomic E-state index is -0.892. The summed E-state index contributed by atoms with van der Waals surface area (Å²) in [6.45, 7) is 28.8. The highest BCUT2D eigenvalue weighted by Gasteiger charge is 2.71. The normalized spacial score (nSPS) is 38.5. The summed E-state index contributed by atoms with van der Waals surface area (Å²) in [6, 6.07) is 0. The molecule has 1 N–H and O–H groups in total. The Hall–Kier alpha value is -2.38. The Morgan fingerprint density at radius 3 is 2.04 bits per heavy atom. The number of carbonyl (C=O) groups excluding carboxylic acids is 3. The Morgan fingerprint density at radius 2 is 1.41 bits per heavy atom. The molecule has 306 valence electrons. The third kappa shape index (κ3) is 7.93. The number of hydrogen-bond acceptors (Lipinski definition) is 7. The Labute approximate surface area is 326 Å². The van der Waals surface area contributed by atoms with Crippen molar-refractivity contribution in [1.29, 1.82) is 0 Å². The van der Waals surface area contributed by atoms with Crippen LogP contribution in [0.2, 0.25) is 0 Å². The predicted molar refractivity (Wildman–Crippen MR) is 210 cm³/mol. The van der Waals surface area contributed by atoms with Gasteiger partial charge in [0.25, 0.3) is 0 Å². The van der Waals surface area contributed by atoms with Crippen molar-refractivity contribution in [2.24, 2.45) is 62.1 Å². The van der Waals surface area contributed by atoms with E-state index in [1.165, 1.54) is 31.3 Å². The summed E-state index contributed by atoms with van der Waals surface area (Å²) in [4.78, 5) is 49.6. The van der Waals surface area contributed by atoms with Crippen LogP contribution in [0.5, 0.6) is 0 Å². The number of esters is 3. The van der Waals surface area contributed by atoms with Gasteiger partial charge in [-0.05, 0) is 155 Å². The summed E-state index contributed by atoms with van der Waals surface area (Å²) in [5.41, 5.74) is 0.536. The summed E-state index contributed by atoms with van der Waals surface area (Å²) in [5.74, 6) is 0.741. The minimum Gasteiger partial charge on any atom is -0.481 e. The monoisotopic (exact) mass is 755 g/mol. The second-order valence-corrected chi connectivity index (χ2v) is 21.9. The fourth-order valence-electron chi connectivity index (χ4n) is 14.0. The molecule has 0 aromatic rings. The lowest BCUT2D eigenvalue weighted by Gasteiger charge is -2.73. The molecular weight excluding hydrogens is 680 g/mol. The van der Waals surface area contributed by atoms with Crippen molar-refractivity contribution in [2.45, 2.75) is 184 Å². The van der Waals surface area contributed by atoms with Gasteiger partial charge in [-0.15, -0.1) is 0 Å². The molecule has 8 nitrogen and oxygen atoms in total. The molecule has 0 aliphatic heterocycles. The molecule has 0 amide bonds. The van der Waals surface area contributed by atoms with Crippen LogP contribution < -0.4 is 0 Å². The Kier molecular flexibility index (Phi) is 11.8. The first-order chi connectivity index (χ1) is 24.8. The number of rotatable bonds is 12. The molecule has 54 heavy (non-hydrogen) atoms. The van der Waals surface area contributed by atoms with Gasteiger partial charge < -0.3 is 19.3 Å². The van der Waals surface area contributed by atoms with E-state index in [4.69, 9.17) is 14.2 Å². The molecule has 5 rings (SSSR count). The molecule has 0 heterocycles. The predicted octanol–water partition coefficient (Wildman–Crippen LogP) is 10.5. The van der Waals surface area contributed by atoms with Crippen molar-refractivity contribution in [3.8, 4) is 0 Å². The Balaban J connectivity index is 1.30. The van der Waals surface area contributed by atoms with Gasteiger partial charge in [-0.2, -0.15) is 0 Å². The molecule has 0 aromatic carbocycles. The summed E-state index contributed by atoms with van der Waals surface area (Å²) < 4.78 is 17.5. The van der Waals surface area contributed by atoms with Crippen LogP contribution in [-0.4, -0.2) is 47.3 Å². The number of carboxylic acids is 1. The first kappa shape index (κ1) is 42.8. The van der Waals surface area contributed by atoms with Crippen molar-refractivity contribution < 1.29 is 38.5 Å². The van der Waals surface area contributed by atoms with E-state index in [-0.39, 0.29) is 76.8 Å². The topological polar surface area (TPSA) is 116 Å². The van der Waals surface area contributed by atoms with Gasteiger partial charge in [0.05, 0.1) is 32.3 Å². The van der Waals surface area contributed by atoms with E-state index < -0.39 is 17.0 Å². The maximum Gasteiger partial charge on any atom is 0.306 e. The zero-order valence-corrected chi connectivity index (χ0v) is 35.8. The number of ether oxygens (including phenoxy) is 3. The average Bonchev–Trinajstić information content (AvgIpc) is 3.40. The number of carbonyl (C=O) groups is 4. The lowest BCUT2D eigenvalue weighted by Crippen LogP contribution is -2.66. The molecule has 10 atom stereocenters. The summed E-state index contributed by atoms with van der Waals surface area (Å²) in [6.07, 6.45) is 12.1. The van der Waals surface area contributed by atoms with Gasteiger partial charge in [0.2, 0.25) is 0 Å². The Morgan fingerprint density at radius 1 is 0.741 bits per heavy atom.